The van der Waals surface area contributed by atoms with Gasteiger partial charge in [0, 0.05) is 17.8 Å². The molecule has 0 unspecified atom stereocenters. The normalized spacial score (nSPS) is 10.9. The fourth-order valence-electron chi connectivity index (χ4n) is 3.11. The number of carbonyl (C=O) groups is 1. The molecule has 9 nitrogen and oxygen atoms in total. The number of halogens is 1. The van der Waals surface area contributed by atoms with Crippen LogP contribution in [0.25, 0.3) is 0 Å². The number of amides is 1. The fraction of sp³-hybridized carbons (Fsp3) is 0.208. The first kappa shape index (κ1) is 26.0. The zero-order valence-corrected chi connectivity index (χ0v) is 21.1. The van der Waals surface area contributed by atoms with Crippen molar-refractivity contribution in [1.29, 1.82) is 0 Å². The third-order valence-electron chi connectivity index (χ3n) is 4.91. The van der Waals surface area contributed by atoms with E-state index >= 15 is 0 Å². The molecular weight excluding hydrogens is 496 g/mol. The minimum Gasteiger partial charge on any atom is -0.497 e. The Morgan fingerprint density at radius 2 is 1.57 bits per heavy atom. The molecule has 0 spiro atoms. The molecule has 35 heavy (non-hydrogen) atoms. The van der Waals surface area contributed by atoms with Gasteiger partial charge in [0.2, 0.25) is 0 Å². The SMILES string of the molecule is COc1ccc(NS(=O)(=O)c2ccc(OCC(=O)Nc3cc(OC)c(Cl)cc3OC)c(C)c2)cc1. The van der Waals surface area contributed by atoms with Crippen LogP contribution in [0.4, 0.5) is 11.4 Å². The van der Waals surface area contributed by atoms with Crippen LogP contribution in [0, 0.1) is 6.92 Å². The Balaban J connectivity index is 1.66. The third kappa shape index (κ3) is 6.49. The molecule has 0 aliphatic heterocycles. The number of sulfonamides is 1. The summed E-state index contributed by atoms with van der Waals surface area (Å²) in [6, 6.07) is 13.9. The van der Waals surface area contributed by atoms with Gasteiger partial charge in [0.25, 0.3) is 15.9 Å². The third-order valence-corrected chi connectivity index (χ3v) is 6.58. The predicted molar refractivity (Wildman–Crippen MR) is 134 cm³/mol. The monoisotopic (exact) mass is 520 g/mol. The van der Waals surface area contributed by atoms with E-state index in [-0.39, 0.29) is 11.5 Å². The van der Waals surface area contributed by atoms with Gasteiger partial charge in [-0.1, -0.05) is 11.6 Å². The van der Waals surface area contributed by atoms with E-state index in [4.69, 9.17) is 30.5 Å². The minimum atomic E-state index is -3.82. The Kier molecular flexibility index (Phi) is 8.31. The molecule has 0 saturated heterocycles. The van der Waals surface area contributed by atoms with Crippen molar-refractivity contribution in [1.82, 2.24) is 0 Å². The largest absolute Gasteiger partial charge is 0.497 e. The Labute approximate surface area is 209 Å². The quantitative estimate of drug-likeness (QED) is 0.405. The second kappa shape index (κ2) is 11.2. The number of rotatable bonds is 10. The van der Waals surface area contributed by atoms with Gasteiger partial charge in [-0.2, -0.15) is 0 Å². The van der Waals surface area contributed by atoms with E-state index in [1.54, 1.807) is 37.3 Å². The first-order valence-corrected chi connectivity index (χ1v) is 12.1. The van der Waals surface area contributed by atoms with E-state index in [0.29, 0.717) is 45.0 Å². The average molecular weight is 521 g/mol. The van der Waals surface area contributed by atoms with Gasteiger partial charge < -0.3 is 24.3 Å². The lowest BCUT2D eigenvalue weighted by atomic mass is 10.2. The highest BCUT2D eigenvalue weighted by Crippen LogP contribution is 2.36. The summed E-state index contributed by atoms with van der Waals surface area (Å²) in [6.07, 6.45) is 0. The lowest BCUT2D eigenvalue weighted by Crippen LogP contribution is -2.21. The molecule has 2 N–H and O–H groups in total. The molecule has 0 bridgehead atoms. The second-order valence-electron chi connectivity index (χ2n) is 7.29. The van der Waals surface area contributed by atoms with Crippen LogP contribution in [-0.4, -0.2) is 42.3 Å². The van der Waals surface area contributed by atoms with Crippen molar-refractivity contribution in [2.75, 3.05) is 38.0 Å². The summed E-state index contributed by atoms with van der Waals surface area (Å²) < 4.78 is 49.1. The standard InChI is InChI=1S/C24H25ClN2O7S/c1-15-11-18(35(29,30)27-16-5-7-17(31-2)8-6-16)9-10-21(15)34-14-24(28)26-20-13-22(32-3)19(25)12-23(20)33-4/h5-13,27H,14H2,1-4H3,(H,26,28). The van der Waals surface area contributed by atoms with Gasteiger partial charge in [-0.05, 0) is 55.0 Å². The van der Waals surface area contributed by atoms with Crippen LogP contribution in [0.3, 0.4) is 0 Å². The maximum Gasteiger partial charge on any atom is 0.262 e. The van der Waals surface area contributed by atoms with E-state index in [0.717, 1.165) is 0 Å². The Hall–Kier alpha value is -3.63. The maximum absolute atomic E-state index is 12.7. The number of methoxy groups -OCH3 is 3. The van der Waals surface area contributed by atoms with Gasteiger partial charge in [-0.3, -0.25) is 9.52 Å². The van der Waals surface area contributed by atoms with Crippen LogP contribution in [0.15, 0.2) is 59.5 Å². The highest BCUT2D eigenvalue weighted by molar-refractivity contribution is 7.92. The number of anilines is 2. The van der Waals surface area contributed by atoms with E-state index in [1.807, 2.05) is 0 Å². The van der Waals surface area contributed by atoms with Crippen molar-refractivity contribution < 1.29 is 32.2 Å². The zero-order chi connectivity index (χ0) is 25.6. The highest BCUT2D eigenvalue weighted by atomic mass is 35.5. The summed E-state index contributed by atoms with van der Waals surface area (Å²) in [5.74, 6) is 1.26. The molecule has 186 valence electrons. The van der Waals surface area contributed by atoms with Crippen LogP contribution in [0.2, 0.25) is 5.02 Å². The van der Waals surface area contributed by atoms with Crippen molar-refractivity contribution in [2.45, 2.75) is 11.8 Å². The van der Waals surface area contributed by atoms with Crippen molar-refractivity contribution in [3.63, 3.8) is 0 Å². The first-order valence-electron chi connectivity index (χ1n) is 10.3. The van der Waals surface area contributed by atoms with Crippen LogP contribution < -0.4 is 29.0 Å². The smallest absolute Gasteiger partial charge is 0.262 e. The minimum absolute atomic E-state index is 0.0561. The van der Waals surface area contributed by atoms with Crippen molar-refractivity contribution >= 4 is 38.9 Å². The van der Waals surface area contributed by atoms with Gasteiger partial charge in [0.15, 0.2) is 6.61 Å². The number of hydrogen-bond donors (Lipinski definition) is 2. The fourth-order valence-corrected chi connectivity index (χ4v) is 4.49. The summed E-state index contributed by atoms with van der Waals surface area (Å²) in [5, 5.41) is 3.02. The van der Waals surface area contributed by atoms with E-state index in [9.17, 15) is 13.2 Å². The summed E-state index contributed by atoms with van der Waals surface area (Å²) in [7, 11) is 0.615. The van der Waals surface area contributed by atoms with E-state index in [2.05, 4.69) is 10.0 Å². The molecule has 0 radical (unpaired) electrons. The number of benzene rings is 3. The lowest BCUT2D eigenvalue weighted by molar-refractivity contribution is -0.118. The van der Waals surface area contributed by atoms with Crippen LogP contribution >= 0.6 is 11.6 Å². The summed E-state index contributed by atoms with van der Waals surface area (Å²) >= 11 is 6.08. The van der Waals surface area contributed by atoms with Crippen LogP contribution in [-0.2, 0) is 14.8 Å². The molecule has 11 heteroatoms. The lowest BCUT2D eigenvalue weighted by Gasteiger charge is -2.14. The molecule has 0 fully saturated rings. The molecule has 0 aromatic heterocycles. The molecule has 0 aliphatic rings. The van der Waals surface area contributed by atoms with Crippen LogP contribution in [0.1, 0.15) is 5.56 Å². The molecule has 0 aliphatic carbocycles. The zero-order valence-electron chi connectivity index (χ0n) is 19.5. The van der Waals surface area contributed by atoms with E-state index in [1.165, 1.54) is 45.6 Å². The molecule has 0 saturated carbocycles. The summed E-state index contributed by atoms with van der Waals surface area (Å²) in [4.78, 5) is 12.5. The highest BCUT2D eigenvalue weighted by Gasteiger charge is 2.17. The molecule has 3 aromatic carbocycles. The molecule has 3 aromatic rings. The predicted octanol–water partition coefficient (Wildman–Crippen LogP) is 4.49. The van der Waals surface area contributed by atoms with Crippen LogP contribution in [0.5, 0.6) is 23.0 Å². The Bertz CT molecular complexity index is 1310. The number of carbonyl (C=O) groups excluding carboxylic acids is 1. The average Bonchev–Trinajstić information content (AvgIpc) is 2.84. The maximum atomic E-state index is 12.7. The molecule has 0 heterocycles. The molecular formula is C24H25ClN2O7S. The van der Waals surface area contributed by atoms with Gasteiger partial charge in [-0.25, -0.2) is 8.42 Å². The van der Waals surface area contributed by atoms with Crippen molar-refractivity contribution in [3.8, 4) is 23.0 Å². The number of nitrogens with one attached hydrogen (secondary N) is 2. The Morgan fingerprint density at radius 3 is 2.17 bits per heavy atom. The molecule has 1 amide bonds. The Morgan fingerprint density at radius 1 is 0.886 bits per heavy atom. The summed E-state index contributed by atoms with van der Waals surface area (Å²) in [6.45, 7) is 1.37. The molecule has 0 atom stereocenters. The number of aryl methyl sites for hydroxylation is 1. The number of hydrogen-bond acceptors (Lipinski definition) is 7. The topological polar surface area (TPSA) is 112 Å². The summed E-state index contributed by atoms with van der Waals surface area (Å²) in [5.41, 5.74) is 1.31. The number of ether oxygens (including phenoxy) is 4. The van der Waals surface area contributed by atoms with Gasteiger partial charge in [-0.15, -0.1) is 0 Å². The second-order valence-corrected chi connectivity index (χ2v) is 9.37. The van der Waals surface area contributed by atoms with E-state index < -0.39 is 15.9 Å². The van der Waals surface area contributed by atoms with Gasteiger partial charge >= 0.3 is 0 Å². The van der Waals surface area contributed by atoms with Crippen molar-refractivity contribution in [3.05, 3.63) is 65.2 Å². The van der Waals surface area contributed by atoms with Gasteiger partial charge in [0.1, 0.15) is 23.0 Å². The first-order chi connectivity index (χ1) is 16.7. The van der Waals surface area contributed by atoms with Gasteiger partial charge in [0.05, 0.1) is 36.9 Å². The molecule has 3 rings (SSSR count). The van der Waals surface area contributed by atoms with Crippen molar-refractivity contribution in [2.24, 2.45) is 0 Å².